The summed E-state index contributed by atoms with van der Waals surface area (Å²) in [6, 6.07) is 72.1. The summed E-state index contributed by atoms with van der Waals surface area (Å²) in [4.78, 5) is 0. The Hall–Kier alpha value is -7.54. The predicted octanol–water partition coefficient (Wildman–Crippen LogP) is 12.9. The van der Waals surface area contributed by atoms with Crippen molar-refractivity contribution in [1.29, 1.82) is 0 Å². The van der Waals surface area contributed by atoms with Gasteiger partial charge in [-0.1, -0.05) is 169 Å². The molecule has 9 aromatic carbocycles. The maximum Gasteiger partial charge on any atom is 0.230 e. The van der Waals surface area contributed by atoms with Crippen molar-refractivity contribution in [2.75, 3.05) is 0 Å². The smallest absolute Gasteiger partial charge is 0.230 e. The predicted molar refractivity (Wildman–Crippen MR) is 264 cm³/mol. The molecule has 0 spiro atoms. The normalized spacial score (nSPS) is 20.5. The molecule has 5 unspecified atom stereocenters. The zero-order valence-corrected chi connectivity index (χ0v) is 35.2. The second-order valence-corrected chi connectivity index (χ2v) is 17.8. The van der Waals surface area contributed by atoms with E-state index >= 15 is 0 Å². The Morgan fingerprint density at radius 2 is 1.12 bits per heavy atom. The SMILES string of the molecule is C1=CCCC(C2N3C(c4ccc(-c5ccccc5)cc4)NC(c4ccc5ccccc5c4-n4c5ccc(-n6c7ccccc7c7ccccc76)cc5c5cc6ccccc6cc54)[NH+]23)=C1. The van der Waals surface area contributed by atoms with Gasteiger partial charge >= 0.3 is 0 Å². The van der Waals surface area contributed by atoms with Gasteiger partial charge in [-0.2, -0.15) is 0 Å². The summed E-state index contributed by atoms with van der Waals surface area (Å²) < 4.78 is 5.04. The Morgan fingerprint density at radius 1 is 0.484 bits per heavy atom. The number of rotatable bonds is 6. The number of benzene rings is 9. The minimum absolute atomic E-state index is 0.0139. The number of allylic oxidation sites excluding steroid dienone is 3. The van der Waals surface area contributed by atoms with Gasteiger partial charge in [0.25, 0.3) is 0 Å². The van der Waals surface area contributed by atoms with E-state index in [4.69, 9.17) is 0 Å². The van der Waals surface area contributed by atoms with Gasteiger partial charge < -0.3 is 9.13 Å². The van der Waals surface area contributed by atoms with Gasteiger partial charge in [-0.15, -0.1) is 0 Å². The van der Waals surface area contributed by atoms with Crippen molar-refractivity contribution in [2.45, 2.75) is 31.3 Å². The van der Waals surface area contributed by atoms with E-state index in [1.54, 1.807) is 0 Å². The molecule has 0 radical (unpaired) electrons. The van der Waals surface area contributed by atoms with Crippen LogP contribution in [0.2, 0.25) is 0 Å². The molecule has 4 heterocycles. The van der Waals surface area contributed by atoms with Crippen LogP contribution >= 0.6 is 0 Å². The van der Waals surface area contributed by atoms with Crippen LogP contribution in [0.5, 0.6) is 0 Å². The van der Waals surface area contributed by atoms with Crippen LogP contribution in [0.25, 0.3) is 87.7 Å². The molecule has 0 amide bonds. The average molecular weight is 823 g/mol. The van der Waals surface area contributed by atoms with E-state index in [9.17, 15) is 0 Å². The molecule has 304 valence electrons. The van der Waals surface area contributed by atoms with Gasteiger partial charge in [-0.05, 0) is 94.2 Å². The molecule has 2 aliphatic heterocycles. The molecular formula is C59H44N5+. The number of hydrogen-bond acceptors (Lipinski definition) is 2. The molecule has 64 heavy (non-hydrogen) atoms. The van der Waals surface area contributed by atoms with Crippen LogP contribution in [0.4, 0.5) is 0 Å². The van der Waals surface area contributed by atoms with Crippen LogP contribution in [-0.4, -0.2) is 20.3 Å². The molecule has 5 nitrogen and oxygen atoms in total. The number of aromatic nitrogens is 2. The molecule has 11 aromatic rings. The number of fused-ring (bicyclic) bond motifs is 9. The number of quaternary nitrogens is 1. The molecule has 3 aliphatic rings. The van der Waals surface area contributed by atoms with Gasteiger partial charge in [0.15, 0.2) is 6.17 Å². The van der Waals surface area contributed by atoms with Gasteiger partial charge in [0.2, 0.25) is 6.17 Å². The minimum atomic E-state index is 0.0139. The molecule has 0 bridgehead atoms. The summed E-state index contributed by atoms with van der Waals surface area (Å²) in [5, 5.41) is 18.4. The highest BCUT2D eigenvalue weighted by atomic mass is 15.9. The third-order valence-corrected chi connectivity index (χ3v) is 14.3. The fourth-order valence-corrected chi connectivity index (χ4v) is 11.4. The Morgan fingerprint density at radius 3 is 1.88 bits per heavy atom. The van der Waals surface area contributed by atoms with E-state index in [1.165, 1.54) is 104 Å². The molecule has 2 saturated heterocycles. The number of nitrogens with zero attached hydrogens (tertiary/aromatic N) is 3. The standard InChI is InChI=1S/C59H43N5/c1-3-15-38(16-4-1)39-27-29-41(30-28-39)57-60-58(64-59(63(57)64)42-18-5-2-6-19-42)49-33-31-40-17-9-10-22-46(40)56(49)62-54-34-32-45(37-51(54)50-35-43-20-7-8-21-44(43)36-55(50)62)61-52-25-13-11-23-47(52)48-24-12-14-26-53(48)61/h1-5,7-18,20-37,57-60H,6,19H2/p+1. The summed E-state index contributed by atoms with van der Waals surface area (Å²) in [6.45, 7) is 0. The highest BCUT2D eigenvalue weighted by molar-refractivity contribution is 6.16. The molecule has 1 aliphatic carbocycles. The van der Waals surface area contributed by atoms with Crippen molar-refractivity contribution in [3.05, 3.63) is 229 Å². The minimum Gasteiger partial charge on any atom is -0.309 e. The van der Waals surface area contributed by atoms with Crippen LogP contribution in [0.1, 0.15) is 36.3 Å². The zero-order valence-electron chi connectivity index (χ0n) is 35.2. The molecule has 2 fully saturated rings. The van der Waals surface area contributed by atoms with Crippen LogP contribution < -0.4 is 10.3 Å². The lowest BCUT2D eigenvalue weighted by Gasteiger charge is -2.22. The molecule has 5 atom stereocenters. The van der Waals surface area contributed by atoms with E-state index in [2.05, 4.69) is 232 Å². The van der Waals surface area contributed by atoms with Crippen LogP contribution in [0, 0.1) is 0 Å². The lowest BCUT2D eigenvalue weighted by Crippen LogP contribution is -2.97. The van der Waals surface area contributed by atoms with E-state index in [0.29, 0.717) is 6.17 Å². The zero-order chi connectivity index (χ0) is 41.9. The summed E-state index contributed by atoms with van der Waals surface area (Å²) >= 11 is 0. The van der Waals surface area contributed by atoms with Gasteiger partial charge in [-0.25, -0.2) is 10.3 Å². The van der Waals surface area contributed by atoms with Crippen molar-refractivity contribution in [3.63, 3.8) is 0 Å². The van der Waals surface area contributed by atoms with Crippen molar-refractivity contribution in [2.24, 2.45) is 0 Å². The van der Waals surface area contributed by atoms with Crippen LogP contribution in [0.3, 0.4) is 0 Å². The Bertz CT molecular complexity index is 3690. The first-order valence-electron chi connectivity index (χ1n) is 22.7. The average Bonchev–Trinajstić information content (AvgIpc) is 3.65. The topological polar surface area (TPSA) is 29.3 Å². The molecular weight excluding hydrogens is 779 g/mol. The third kappa shape index (κ3) is 5.36. The fraction of sp³-hybridized carbons (Fsp3) is 0.0847. The molecule has 5 heteroatoms. The van der Waals surface area contributed by atoms with Gasteiger partial charge in [-0.3, -0.25) is 0 Å². The number of nitrogens with one attached hydrogen (secondary N) is 2. The molecule has 2 N–H and O–H groups in total. The summed E-state index contributed by atoms with van der Waals surface area (Å²) in [6.07, 6.45) is 9.48. The third-order valence-electron chi connectivity index (χ3n) is 14.3. The Labute approximate surface area is 371 Å². The first-order valence-corrected chi connectivity index (χ1v) is 22.7. The van der Waals surface area contributed by atoms with Crippen LogP contribution in [0.15, 0.2) is 218 Å². The van der Waals surface area contributed by atoms with Crippen LogP contribution in [-0.2, 0) is 0 Å². The monoisotopic (exact) mass is 822 g/mol. The van der Waals surface area contributed by atoms with E-state index < -0.39 is 0 Å². The number of para-hydroxylation sites is 2. The molecule has 0 saturated carbocycles. The second-order valence-electron chi connectivity index (χ2n) is 17.8. The Balaban J connectivity index is 0.994. The van der Waals surface area contributed by atoms with Gasteiger partial charge in [0.05, 0.1) is 33.3 Å². The van der Waals surface area contributed by atoms with Crippen molar-refractivity contribution in [1.82, 2.24) is 19.5 Å². The van der Waals surface area contributed by atoms with Crippen molar-refractivity contribution >= 4 is 65.2 Å². The highest BCUT2D eigenvalue weighted by Gasteiger charge is 2.67. The first-order chi connectivity index (χ1) is 31.8. The first kappa shape index (κ1) is 36.0. The lowest BCUT2D eigenvalue weighted by atomic mass is 9.98. The highest BCUT2D eigenvalue weighted by Crippen LogP contribution is 2.44. The summed E-state index contributed by atoms with van der Waals surface area (Å²) in [5.41, 5.74) is 13.8. The van der Waals surface area contributed by atoms with Gasteiger partial charge in [0.1, 0.15) is 6.17 Å². The lowest BCUT2D eigenvalue weighted by molar-refractivity contribution is -0.864. The Kier molecular flexibility index (Phi) is 7.86. The fourth-order valence-electron chi connectivity index (χ4n) is 11.4. The van der Waals surface area contributed by atoms with E-state index in [1.807, 2.05) is 0 Å². The van der Waals surface area contributed by atoms with Crippen molar-refractivity contribution < 1.29 is 5.01 Å². The maximum atomic E-state index is 4.23. The quantitative estimate of drug-likeness (QED) is 0.164. The molecule has 14 rings (SSSR count). The van der Waals surface area contributed by atoms with Gasteiger partial charge in [0, 0.05) is 38.2 Å². The summed E-state index contributed by atoms with van der Waals surface area (Å²) in [7, 11) is 0. The number of hydrogen-bond donors (Lipinski definition) is 2. The van der Waals surface area contributed by atoms with E-state index in [-0.39, 0.29) is 12.3 Å². The van der Waals surface area contributed by atoms with E-state index in [0.717, 1.165) is 18.5 Å². The molecule has 2 aromatic heterocycles. The summed E-state index contributed by atoms with van der Waals surface area (Å²) in [5.74, 6) is 0. The van der Waals surface area contributed by atoms with Crippen molar-refractivity contribution in [3.8, 4) is 22.5 Å². The maximum absolute atomic E-state index is 4.23. The largest absolute Gasteiger partial charge is 0.309 e. The second kappa shape index (κ2) is 14.0.